The van der Waals surface area contributed by atoms with Gasteiger partial charge in [0.15, 0.2) is 5.17 Å². The molecule has 0 aromatic heterocycles. The number of amides is 2. The van der Waals surface area contributed by atoms with Crippen LogP contribution in [0.5, 0.6) is 5.75 Å². The first-order valence-corrected chi connectivity index (χ1v) is 9.64. The average Bonchev–Trinajstić information content (AvgIpc) is 2.95. The van der Waals surface area contributed by atoms with Crippen LogP contribution in [0.3, 0.4) is 0 Å². The Hall–Kier alpha value is -3.06. The van der Waals surface area contributed by atoms with Gasteiger partial charge < -0.3 is 10.5 Å². The van der Waals surface area contributed by atoms with E-state index >= 15 is 0 Å². The fourth-order valence-electron chi connectivity index (χ4n) is 2.89. The molecule has 0 aliphatic carbocycles. The topological polar surface area (TPSA) is 85.0 Å². The summed E-state index contributed by atoms with van der Waals surface area (Å²) in [6.45, 7) is 3.94. The maximum Gasteiger partial charge on any atom is 0.283 e. The molecule has 1 heterocycles. The second-order valence-electron chi connectivity index (χ2n) is 6.44. The molecule has 3 rings (SSSR count). The fraction of sp³-hybridized carbons (Fsp3) is 0.190. The molecule has 0 radical (unpaired) electrons. The molecule has 28 heavy (non-hydrogen) atoms. The van der Waals surface area contributed by atoms with Gasteiger partial charge in [0, 0.05) is 0 Å². The van der Waals surface area contributed by atoms with E-state index in [4.69, 9.17) is 10.5 Å². The van der Waals surface area contributed by atoms with E-state index in [-0.39, 0.29) is 11.7 Å². The molecule has 0 unspecified atom stereocenters. The predicted molar refractivity (Wildman–Crippen MR) is 113 cm³/mol. The highest BCUT2D eigenvalue weighted by Gasteiger charge is 2.32. The van der Waals surface area contributed by atoms with E-state index in [1.54, 1.807) is 13.2 Å². The molecule has 0 bridgehead atoms. The van der Waals surface area contributed by atoms with Gasteiger partial charge >= 0.3 is 0 Å². The highest BCUT2D eigenvalue weighted by atomic mass is 32.2. The molecule has 2 aromatic carbocycles. The minimum atomic E-state index is -0.465. The molecule has 0 saturated carbocycles. The summed E-state index contributed by atoms with van der Waals surface area (Å²) in [7, 11) is 1.60. The number of hydrogen-bond acceptors (Lipinski definition) is 5. The van der Waals surface area contributed by atoms with Gasteiger partial charge in [0.1, 0.15) is 11.4 Å². The third-order valence-electron chi connectivity index (χ3n) is 4.06. The molecule has 2 amide bonds. The van der Waals surface area contributed by atoms with Crippen LogP contribution in [-0.2, 0) is 9.59 Å². The highest BCUT2D eigenvalue weighted by Crippen LogP contribution is 2.30. The number of hydrogen-bond donors (Lipinski definition) is 1. The maximum absolute atomic E-state index is 13.1. The van der Waals surface area contributed by atoms with Gasteiger partial charge in [0.25, 0.3) is 5.91 Å². The van der Waals surface area contributed by atoms with Gasteiger partial charge in [-0.1, -0.05) is 30.0 Å². The normalized spacial score (nSPS) is 15.1. The number of amidine groups is 1. The van der Waals surface area contributed by atoms with E-state index in [9.17, 15) is 9.59 Å². The Bertz CT molecular complexity index is 961. The third-order valence-corrected chi connectivity index (χ3v) is 5.02. The summed E-state index contributed by atoms with van der Waals surface area (Å²) in [6, 6.07) is 13.2. The molecular weight excluding hydrogens is 374 g/mol. The molecule has 0 saturated heterocycles. The van der Waals surface area contributed by atoms with Gasteiger partial charge in [0.05, 0.1) is 18.6 Å². The van der Waals surface area contributed by atoms with Gasteiger partial charge in [-0.25, -0.2) is 4.99 Å². The first-order valence-electron chi connectivity index (χ1n) is 8.65. The van der Waals surface area contributed by atoms with Crippen molar-refractivity contribution in [2.75, 3.05) is 17.8 Å². The number of anilines is 1. The van der Waals surface area contributed by atoms with Crippen LogP contribution >= 0.6 is 11.8 Å². The number of primary amides is 1. The van der Waals surface area contributed by atoms with Crippen LogP contribution in [0.15, 0.2) is 53.2 Å². The lowest BCUT2D eigenvalue weighted by molar-refractivity contribution is -0.115. The highest BCUT2D eigenvalue weighted by molar-refractivity contribution is 8.14. The molecule has 6 nitrogen and oxygen atoms in total. The second-order valence-corrected chi connectivity index (χ2v) is 7.38. The summed E-state index contributed by atoms with van der Waals surface area (Å²) < 4.78 is 5.16. The lowest BCUT2D eigenvalue weighted by atomic mass is 10.1. The zero-order chi connectivity index (χ0) is 20.3. The number of nitrogens with two attached hydrogens (primary N) is 1. The minimum absolute atomic E-state index is 0.0449. The van der Waals surface area contributed by atoms with Gasteiger partial charge in [-0.2, -0.15) is 0 Å². The smallest absolute Gasteiger partial charge is 0.283 e. The van der Waals surface area contributed by atoms with E-state index in [0.29, 0.717) is 10.9 Å². The zero-order valence-electron chi connectivity index (χ0n) is 15.9. The number of methoxy groups -OCH3 is 1. The van der Waals surface area contributed by atoms with Gasteiger partial charge in [0.2, 0.25) is 5.91 Å². The molecule has 0 spiro atoms. The quantitative estimate of drug-likeness (QED) is 0.788. The number of aryl methyl sites for hydroxylation is 2. The van der Waals surface area contributed by atoms with Crippen molar-refractivity contribution in [3.05, 3.63) is 64.9 Å². The SMILES string of the molecule is COc1ccc(C=C2N=C(SCC(N)=O)N(c3cc(C)cc(C)c3)C2=O)cc1. The van der Waals surface area contributed by atoms with Crippen LogP contribution < -0.4 is 15.4 Å². The van der Waals surface area contributed by atoms with Gasteiger partial charge in [-0.05, 0) is 60.9 Å². The van der Waals surface area contributed by atoms with Crippen LogP contribution in [-0.4, -0.2) is 29.8 Å². The van der Waals surface area contributed by atoms with Crippen molar-refractivity contribution in [3.8, 4) is 5.75 Å². The van der Waals surface area contributed by atoms with Crippen LogP contribution in [0.25, 0.3) is 6.08 Å². The number of aliphatic imine (C=N–C) groups is 1. The standard InChI is InChI=1S/C21H21N3O3S/c1-13-8-14(2)10-16(9-13)24-20(26)18(23-21(24)28-12-19(22)25)11-15-4-6-17(27-3)7-5-15/h4-11H,12H2,1-3H3,(H2,22,25). The molecular formula is C21H21N3O3S. The lowest BCUT2D eigenvalue weighted by Gasteiger charge is -2.18. The second kappa shape index (κ2) is 8.31. The zero-order valence-corrected chi connectivity index (χ0v) is 16.7. The fourth-order valence-corrected chi connectivity index (χ4v) is 3.65. The van der Waals surface area contributed by atoms with Crippen molar-refractivity contribution in [2.24, 2.45) is 10.7 Å². The number of thioether (sulfide) groups is 1. The Labute approximate surface area is 168 Å². The first kappa shape index (κ1) is 19.7. The van der Waals surface area contributed by atoms with Crippen LogP contribution in [0.1, 0.15) is 16.7 Å². The average molecular weight is 395 g/mol. The van der Waals surface area contributed by atoms with E-state index in [1.165, 1.54) is 4.90 Å². The summed E-state index contributed by atoms with van der Waals surface area (Å²) >= 11 is 1.15. The third kappa shape index (κ3) is 4.43. The van der Waals surface area contributed by atoms with Crippen molar-refractivity contribution in [1.29, 1.82) is 0 Å². The molecule has 7 heteroatoms. The number of ether oxygens (including phenoxy) is 1. The summed E-state index contributed by atoms with van der Waals surface area (Å²) in [5.74, 6) is 0.0716. The summed E-state index contributed by atoms with van der Waals surface area (Å²) in [4.78, 5) is 30.3. The number of carbonyl (C=O) groups is 2. The Morgan fingerprint density at radius 1 is 1.18 bits per heavy atom. The van der Waals surface area contributed by atoms with Crippen LogP contribution in [0, 0.1) is 13.8 Å². The molecule has 0 fully saturated rings. The van der Waals surface area contributed by atoms with Crippen molar-refractivity contribution in [1.82, 2.24) is 0 Å². The van der Waals surface area contributed by atoms with E-state index in [0.717, 1.165) is 39.9 Å². The first-order chi connectivity index (χ1) is 13.4. The summed E-state index contributed by atoms with van der Waals surface area (Å²) in [5, 5.41) is 0.438. The number of benzene rings is 2. The number of rotatable bonds is 5. The maximum atomic E-state index is 13.1. The van der Waals surface area contributed by atoms with Gasteiger partial charge in [-0.15, -0.1) is 0 Å². The van der Waals surface area contributed by atoms with Crippen molar-refractivity contribution in [2.45, 2.75) is 13.8 Å². The predicted octanol–water partition coefficient (Wildman–Crippen LogP) is 3.27. The Kier molecular flexibility index (Phi) is 5.84. The Balaban J connectivity index is 1.99. The minimum Gasteiger partial charge on any atom is -0.497 e. The number of carbonyl (C=O) groups excluding carboxylic acids is 2. The summed E-state index contributed by atoms with van der Waals surface area (Å²) in [5.41, 5.74) is 9.20. The summed E-state index contributed by atoms with van der Waals surface area (Å²) in [6.07, 6.45) is 1.72. The molecule has 2 aromatic rings. The molecule has 144 valence electrons. The number of nitrogens with zero attached hydrogens (tertiary/aromatic N) is 2. The largest absolute Gasteiger partial charge is 0.497 e. The molecule has 2 N–H and O–H groups in total. The van der Waals surface area contributed by atoms with Crippen molar-refractivity contribution in [3.63, 3.8) is 0 Å². The van der Waals surface area contributed by atoms with Crippen LogP contribution in [0.4, 0.5) is 5.69 Å². The Morgan fingerprint density at radius 3 is 2.39 bits per heavy atom. The molecule has 0 atom stereocenters. The van der Waals surface area contributed by atoms with Crippen LogP contribution in [0.2, 0.25) is 0 Å². The lowest BCUT2D eigenvalue weighted by Crippen LogP contribution is -2.31. The van der Waals surface area contributed by atoms with Gasteiger partial charge in [-0.3, -0.25) is 14.5 Å². The van der Waals surface area contributed by atoms with E-state index in [2.05, 4.69) is 4.99 Å². The van der Waals surface area contributed by atoms with E-state index in [1.807, 2.05) is 56.3 Å². The van der Waals surface area contributed by atoms with E-state index < -0.39 is 5.91 Å². The molecule has 1 aliphatic heterocycles. The monoisotopic (exact) mass is 395 g/mol. The molecule has 1 aliphatic rings. The Morgan fingerprint density at radius 2 is 1.82 bits per heavy atom. The van der Waals surface area contributed by atoms with Crippen molar-refractivity contribution >= 4 is 40.5 Å². The van der Waals surface area contributed by atoms with Crippen molar-refractivity contribution < 1.29 is 14.3 Å².